The van der Waals surface area contributed by atoms with Crippen molar-refractivity contribution >= 4 is 8.32 Å². The number of hydrogen-bond acceptors (Lipinski definition) is 1. The van der Waals surface area contributed by atoms with Crippen LogP contribution >= 0.6 is 0 Å². The van der Waals surface area contributed by atoms with Crippen molar-refractivity contribution in [1.29, 1.82) is 0 Å². The van der Waals surface area contributed by atoms with Crippen LogP contribution in [-0.4, -0.2) is 15.4 Å². The Bertz CT molecular complexity index is 350. The SMILES string of the molecule is CC[Si](CC)(CCCc1cc(F)cc(F)c1)OC. The molecule has 0 spiro atoms. The maximum Gasteiger partial charge on any atom is 0.191 e. The topological polar surface area (TPSA) is 9.23 Å². The molecule has 0 aliphatic rings. The third-order valence-electron chi connectivity index (χ3n) is 3.74. The zero-order valence-electron chi connectivity index (χ0n) is 11.4. The minimum atomic E-state index is -1.59. The van der Waals surface area contributed by atoms with Crippen molar-refractivity contribution in [2.75, 3.05) is 7.11 Å². The fourth-order valence-corrected chi connectivity index (χ4v) is 5.17. The highest BCUT2D eigenvalue weighted by Gasteiger charge is 2.28. The standard InChI is InChI=1S/C14H22F2OSi/c1-4-18(5-2,17-3)8-6-7-12-9-13(15)11-14(16)10-12/h9-11H,4-8H2,1-3H3. The molecule has 0 amide bonds. The van der Waals surface area contributed by atoms with Gasteiger partial charge in [-0.2, -0.15) is 0 Å². The Balaban J connectivity index is 2.55. The Kier molecular flexibility index (Phi) is 5.95. The Morgan fingerprint density at radius 1 is 1.06 bits per heavy atom. The Morgan fingerprint density at radius 3 is 2.06 bits per heavy atom. The van der Waals surface area contributed by atoms with Crippen molar-refractivity contribution in [1.82, 2.24) is 0 Å². The van der Waals surface area contributed by atoms with Crippen LogP contribution in [0.25, 0.3) is 0 Å². The predicted octanol–water partition coefficient (Wildman–Crippen LogP) is 4.53. The van der Waals surface area contributed by atoms with Crippen LogP contribution in [0.3, 0.4) is 0 Å². The molecule has 1 nitrogen and oxygen atoms in total. The summed E-state index contributed by atoms with van der Waals surface area (Å²) < 4.78 is 31.8. The van der Waals surface area contributed by atoms with Crippen molar-refractivity contribution < 1.29 is 13.2 Å². The molecule has 0 aliphatic heterocycles. The highest BCUT2D eigenvalue weighted by Crippen LogP contribution is 2.24. The Labute approximate surface area is 109 Å². The lowest BCUT2D eigenvalue weighted by Crippen LogP contribution is -2.35. The molecule has 0 fully saturated rings. The third-order valence-corrected chi connectivity index (χ3v) is 8.45. The van der Waals surface area contributed by atoms with Gasteiger partial charge in [0.1, 0.15) is 11.6 Å². The molecule has 1 aromatic rings. The van der Waals surface area contributed by atoms with Crippen LogP contribution in [0.4, 0.5) is 8.78 Å². The van der Waals surface area contributed by atoms with E-state index in [1.165, 1.54) is 12.1 Å². The highest BCUT2D eigenvalue weighted by molar-refractivity contribution is 6.73. The van der Waals surface area contributed by atoms with Gasteiger partial charge in [-0.25, -0.2) is 8.78 Å². The molecule has 0 heterocycles. The quantitative estimate of drug-likeness (QED) is 0.663. The molecule has 0 bridgehead atoms. The van der Waals surface area contributed by atoms with Crippen LogP contribution in [0.15, 0.2) is 18.2 Å². The van der Waals surface area contributed by atoms with Crippen LogP contribution in [0.2, 0.25) is 18.1 Å². The monoisotopic (exact) mass is 272 g/mol. The predicted molar refractivity (Wildman–Crippen MR) is 73.2 cm³/mol. The first-order chi connectivity index (χ1) is 8.55. The lowest BCUT2D eigenvalue weighted by Gasteiger charge is -2.27. The Hall–Kier alpha value is -0.743. The molecule has 18 heavy (non-hydrogen) atoms. The van der Waals surface area contributed by atoms with Crippen molar-refractivity contribution in [3.8, 4) is 0 Å². The van der Waals surface area contributed by atoms with Crippen LogP contribution in [-0.2, 0) is 10.8 Å². The molecule has 0 unspecified atom stereocenters. The van der Waals surface area contributed by atoms with Crippen LogP contribution in [0, 0.1) is 11.6 Å². The molecule has 102 valence electrons. The van der Waals surface area contributed by atoms with E-state index in [-0.39, 0.29) is 0 Å². The average Bonchev–Trinajstić information content (AvgIpc) is 2.34. The van der Waals surface area contributed by atoms with E-state index in [1.54, 1.807) is 7.11 Å². The van der Waals surface area contributed by atoms with Crippen LogP contribution in [0.5, 0.6) is 0 Å². The summed E-state index contributed by atoms with van der Waals surface area (Å²) in [7, 11) is 0.207. The number of hydrogen-bond donors (Lipinski definition) is 0. The van der Waals surface area contributed by atoms with Crippen molar-refractivity contribution in [3.63, 3.8) is 0 Å². The lowest BCUT2D eigenvalue weighted by molar-refractivity contribution is 0.390. The van der Waals surface area contributed by atoms with Crippen molar-refractivity contribution in [3.05, 3.63) is 35.4 Å². The fraction of sp³-hybridized carbons (Fsp3) is 0.571. The first kappa shape index (κ1) is 15.3. The van der Waals surface area contributed by atoms with E-state index in [2.05, 4.69) is 13.8 Å². The van der Waals surface area contributed by atoms with Gasteiger partial charge in [0.15, 0.2) is 8.32 Å². The van der Waals surface area contributed by atoms with Gasteiger partial charge in [-0.1, -0.05) is 13.8 Å². The first-order valence-corrected chi connectivity index (χ1v) is 9.08. The van der Waals surface area contributed by atoms with Gasteiger partial charge in [-0.3, -0.25) is 0 Å². The van der Waals surface area contributed by atoms with Gasteiger partial charge in [0.25, 0.3) is 0 Å². The van der Waals surface area contributed by atoms with E-state index < -0.39 is 20.0 Å². The molecule has 0 atom stereocenters. The first-order valence-electron chi connectivity index (χ1n) is 6.55. The van der Waals surface area contributed by atoms with E-state index >= 15 is 0 Å². The lowest BCUT2D eigenvalue weighted by atomic mass is 10.1. The summed E-state index contributed by atoms with van der Waals surface area (Å²) in [5.74, 6) is -0.988. The van der Waals surface area contributed by atoms with Crippen LogP contribution in [0.1, 0.15) is 25.8 Å². The minimum Gasteiger partial charge on any atom is -0.420 e. The summed E-state index contributed by atoms with van der Waals surface area (Å²) in [6.07, 6.45) is 1.65. The number of rotatable bonds is 7. The molecular weight excluding hydrogens is 250 g/mol. The molecular formula is C14H22F2OSi. The summed E-state index contributed by atoms with van der Waals surface area (Å²) in [6, 6.07) is 6.98. The second-order valence-electron chi connectivity index (χ2n) is 4.73. The van der Waals surface area contributed by atoms with E-state index in [0.29, 0.717) is 6.42 Å². The number of benzene rings is 1. The van der Waals surface area contributed by atoms with Gasteiger partial charge in [0, 0.05) is 13.2 Å². The second-order valence-corrected chi connectivity index (χ2v) is 9.41. The molecule has 0 saturated carbocycles. The van der Waals surface area contributed by atoms with E-state index in [9.17, 15) is 8.78 Å². The van der Waals surface area contributed by atoms with E-state index in [0.717, 1.165) is 36.2 Å². The zero-order valence-corrected chi connectivity index (χ0v) is 12.4. The molecule has 1 aromatic carbocycles. The third kappa shape index (κ3) is 4.17. The molecule has 0 saturated heterocycles. The van der Waals surface area contributed by atoms with E-state index in [4.69, 9.17) is 4.43 Å². The molecule has 0 aromatic heterocycles. The highest BCUT2D eigenvalue weighted by atomic mass is 28.4. The normalized spacial score (nSPS) is 11.8. The van der Waals surface area contributed by atoms with Gasteiger partial charge >= 0.3 is 0 Å². The summed E-state index contributed by atoms with van der Waals surface area (Å²) in [5, 5.41) is 0. The maximum atomic E-state index is 13.0. The van der Waals surface area contributed by atoms with Gasteiger partial charge in [-0.15, -0.1) is 0 Å². The molecule has 0 N–H and O–H groups in total. The molecule has 0 aliphatic carbocycles. The summed E-state index contributed by atoms with van der Waals surface area (Å²) in [6.45, 7) is 4.34. The van der Waals surface area contributed by atoms with Crippen LogP contribution < -0.4 is 0 Å². The summed E-state index contributed by atoms with van der Waals surface area (Å²) in [4.78, 5) is 0. The summed E-state index contributed by atoms with van der Waals surface area (Å²) in [5.41, 5.74) is 0.735. The average molecular weight is 272 g/mol. The number of aryl methyl sites for hydroxylation is 1. The van der Waals surface area contributed by atoms with Gasteiger partial charge in [0.2, 0.25) is 0 Å². The number of halogens is 2. The molecule has 1 rings (SSSR count). The summed E-state index contributed by atoms with van der Waals surface area (Å²) >= 11 is 0. The second kappa shape index (κ2) is 7.00. The van der Waals surface area contributed by atoms with Gasteiger partial charge < -0.3 is 4.43 Å². The fourth-order valence-electron chi connectivity index (χ4n) is 2.36. The zero-order chi connectivity index (χ0) is 13.6. The van der Waals surface area contributed by atoms with Crippen molar-refractivity contribution in [2.45, 2.75) is 44.8 Å². The smallest absolute Gasteiger partial charge is 0.191 e. The van der Waals surface area contributed by atoms with E-state index in [1.807, 2.05) is 0 Å². The Morgan fingerprint density at radius 2 is 1.61 bits per heavy atom. The minimum absolute atomic E-state index is 0.494. The van der Waals surface area contributed by atoms with Gasteiger partial charge in [-0.05, 0) is 48.7 Å². The molecule has 0 radical (unpaired) electrons. The van der Waals surface area contributed by atoms with Crippen molar-refractivity contribution in [2.24, 2.45) is 0 Å². The molecule has 4 heteroatoms. The van der Waals surface area contributed by atoms with Gasteiger partial charge in [0.05, 0.1) is 0 Å². The largest absolute Gasteiger partial charge is 0.420 e. The maximum absolute atomic E-state index is 13.0.